The first-order valence-corrected chi connectivity index (χ1v) is 6.45. The Hall–Kier alpha value is -1.20. The summed E-state index contributed by atoms with van der Waals surface area (Å²) < 4.78 is 15.6. The molecule has 0 amide bonds. The zero-order valence-electron chi connectivity index (χ0n) is 9.98. The van der Waals surface area contributed by atoms with Crippen molar-refractivity contribution in [3.63, 3.8) is 0 Å². The standard InChI is InChI=1S/C13H14BrFN2O/c1-17-8-9(7-16-17)2-3-13(18)10-4-11(14)6-12(15)5-10/h4-8,13,18H,2-3H2,1H3. The minimum Gasteiger partial charge on any atom is -0.388 e. The van der Waals surface area contributed by atoms with Crippen molar-refractivity contribution in [3.05, 3.63) is 52.0 Å². The third-order valence-electron chi connectivity index (χ3n) is 2.73. The molecule has 0 bridgehead atoms. The van der Waals surface area contributed by atoms with Gasteiger partial charge in [-0.05, 0) is 42.2 Å². The van der Waals surface area contributed by atoms with Crippen molar-refractivity contribution >= 4 is 15.9 Å². The van der Waals surface area contributed by atoms with E-state index in [4.69, 9.17) is 0 Å². The first kappa shape index (κ1) is 13.2. The van der Waals surface area contributed by atoms with Gasteiger partial charge < -0.3 is 5.11 Å². The zero-order chi connectivity index (χ0) is 13.1. The molecule has 0 aliphatic rings. The van der Waals surface area contributed by atoms with Gasteiger partial charge in [0.25, 0.3) is 0 Å². The molecule has 0 radical (unpaired) electrons. The monoisotopic (exact) mass is 312 g/mol. The molecule has 1 unspecified atom stereocenters. The molecule has 96 valence electrons. The number of aromatic nitrogens is 2. The summed E-state index contributed by atoms with van der Waals surface area (Å²) >= 11 is 3.22. The van der Waals surface area contributed by atoms with Gasteiger partial charge in [0.15, 0.2) is 0 Å². The molecule has 0 spiro atoms. The van der Waals surface area contributed by atoms with Crippen LogP contribution >= 0.6 is 15.9 Å². The summed E-state index contributed by atoms with van der Waals surface area (Å²) in [5, 5.41) is 14.1. The maximum atomic E-state index is 13.2. The van der Waals surface area contributed by atoms with E-state index in [0.717, 1.165) is 5.56 Å². The zero-order valence-corrected chi connectivity index (χ0v) is 11.6. The van der Waals surface area contributed by atoms with Crippen molar-refractivity contribution in [2.45, 2.75) is 18.9 Å². The number of aryl methyl sites for hydroxylation is 2. The number of halogens is 2. The molecular formula is C13H14BrFN2O. The van der Waals surface area contributed by atoms with Gasteiger partial charge in [0.05, 0.1) is 12.3 Å². The van der Waals surface area contributed by atoms with Crippen molar-refractivity contribution in [2.75, 3.05) is 0 Å². The lowest BCUT2D eigenvalue weighted by Crippen LogP contribution is -2.00. The molecule has 1 aromatic carbocycles. The van der Waals surface area contributed by atoms with Crippen LogP contribution in [0.1, 0.15) is 23.7 Å². The van der Waals surface area contributed by atoms with Gasteiger partial charge in [-0.1, -0.05) is 15.9 Å². The number of aliphatic hydroxyl groups is 1. The quantitative estimate of drug-likeness (QED) is 0.942. The van der Waals surface area contributed by atoms with Crippen LogP contribution in [0.2, 0.25) is 0 Å². The Bertz CT molecular complexity index is 521. The molecule has 18 heavy (non-hydrogen) atoms. The highest BCUT2D eigenvalue weighted by atomic mass is 79.9. The Kier molecular flexibility index (Phi) is 4.14. The van der Waals surface area contributed by atoms with Crippen molar-refractivity contribution in [2.24, 2.45) is 7.05 Å². The third kappa shape index (κ3) is 3.40. The molecule has 1 N–H and O–H groups in total. The van der Waals surface area contributed by atoms with Crippen LogP contribution in [0.3, 0.4) is 0 Å². The van der Waals surface area contributed by atoms with Gasteiger partial charge in [0, 0.05) is 17.7 Å². The van der Waals surface area contributed by atoms with Crippen LogP contribution in [0, 0.1) is 5.82 Å². The second-order valence-electron chi connectivity index (χ2n) is 4.28. The Balaban J connectivity index is 2.01. The highest BCUT2D eigenvalue weighted by Gasteiger charge is 2.10. The second kappa shape index (κ2) is 5.63. The van der Waals surface area contributed by atoms with Gasteiger partial charge in [0.2, 0.25) is 0 Å². The summed E-state index contributed by atoms with van der Waals surface area (Å²) in [4.78, 5) is 0. The maximum absolute atomic E-state index is 13.2. The normalized spacial score (nSPS) is 12.7. The molecule has 1 atom stereocenters. The highest BCUT2D eigenvalue weighted by Crippen LogP contribution is 2.23. The van der Waals surface area contributed by atoms with E-state index < -0.39 is 6.10 Å². The van der Waals surface area contributed by atoms with Gasteiger partial charge in [-0.2, -0.15) is 5.10 Å². The first-order chi connectivity index (χ1) is 8.54. The largest absolute Gasteiger partial charge is 0.388 e. The second-order valence-corrected chi connectivity index (χ2v) is 5.20. The van der Waals surface area contributed by atoms with E-state index in [-0.39, 0.29) is 5.82 Å². The molecule has 2 rings (SSSR count). The van der Waals surface area contributed by atoms with Crippen molar-refractivity contribution < 1.29 is 9.50 Å². The molecule has 3 nitrogen and oxygen atoms in total. The number of rotatable bonds is 4. The predicted molar refractivity (Wildman–Crippen MR) is 70.6 cm³/mol. The number of aliphatic hydroxyl groups excluding tert-OH is 1. The predicted octanol–water partition coefficient (Wildman–Crippen LogP) is 2.99. The van der Waals surface area contributed by atoms with Crippen LogP contribution in [0.5, 0.6) is 0 Å². The Morgan fingerprint density at radius 1 is 1.44 bits per heavy atom. The molecule has 0 saturated carbocycles. The fourth-order valence-corrected chi connectivity index (χ4v) is 2.32. The van der Waals surface area contributed by atoms with E-state index in [0.29, 0.717) is 22.9 Å². The van der Waals surface area contributed by atoms with Crippen LogP contribution in [-0.2, 0) is 13.5 Å². The SMILES string of the molecule is Cn1cc(CCC(O)c2cc(F)cc(Br)c2)cn1. The molecule has 0 aliphatic carbocycles. The van der Waals surface area contributed by atoms with Crippen molar-refractivity contribution in [3.8, 4) is 0 Å². The van der Waals surface area contributed by atoms with Crippen LogP contribution in [-0.4, -0.2) is 14.9 Å². The molecule has 0 aliphatic heterocycles. The van der Waals surface area contributed by atoms with E-state index >= 15 is 0 Å². The van der Waals surface area contributed by atoms with E-state index in [1.54, 1.807) is 16.9 Å². The van der Waals surface area contributed by atoms with Crippen molar-refractivity contribution in [1.29, 1.82) is 0 Å². The number of nitrogens with zero attached hydrogens (tertiary/aromatic N) is 2. The van der Waals surface area contributed by atoms with E-state index in [9.17, 15) is 9.50 Å². The van der Waals surface area contributed by atoms with Gasteiger partial charge >= 0.3 is 0 Å². The van der Waals surface area contributed by atoms with E-state index in [2.05, 4.69) is 21.0 Å². The van der Waals surface area contributed by atoms with Gasteiger partial charge in [0.1, 0.15) is 5.82 Å². The average Bonchev–Trinajstić information content (AvgIpc) is 2.70. The lowest BCUT2D eigenvalue weighted by molar-refractivity contribution is 0.167. The summed E-state index contributed by atoms with van der Waals surface area (Å²) in [6.45, 7) is 0. The topological polar surface area (TPSA) is 38.0 Å². The number of benzene rings is 1. The fraction of sp³-hybridized carbons (Fsp3) is 0.308. The van der Waals surface area contributed by atoms with Gasteiger partial charge in [-0.15, -0.1) is 0 Å². The average molecular weight is 313 g/mol. The highest BCUT2D eigenvalue weighted by molar-refractivity contribution is 9.10. The van der Waals surface area contributed by atoms with Crippen LogP contribution < -0.4 is 0 Å². The lowest BCUT2D eigenvalue weighted by Gasteiger charge is -2.10. The summed E-state index contributed by atoms with van der Waals surface area (Å²) in [5.74, 6) is -0.347. The summed E-state index contributed by atoms with van der Waals surface area (Å²) in [6, 6.07) is 4.47. The van der Waals surface area contributed by atoms with E-state index in [1.165, 1.54) is 12.1 Å². The molecule has 0 fully saturated rings. The number of hydrogen-bond donors (Lipinski definition) is 1. The Labute approximate surface area is 113 Å². The smallest absolute Gasteiger partial charge is 0.124 e. The third-order valence-corrected chi connectivity index (χ3v) is 3.19. The van der Waals surface area contributed by atoms with Crippen LogP contribution in [0.4, 0.5) is 4.39 Å². The van der Waals surface area contributed by atoms with E-state index in [1.807, 2.05) is 13.2 Å². The minimum absolute atomic E-state index is 0.347. The van der Waals surface area contributed by atoms with Gasteiger partial charge in [-0.3, -0.25) is 4.68 Å². The molecular weight excluding hydrogens is 299 g/mol. The van der Waals surface area contributed by atoms with Crippen LogP contribution in [0.15, 0.2) is 35.1 Å². The maximum Gasteiger partial charge on any atom is 0.124 e. The van der Waals surface area contributed by atoms with Gasteiger partial charge in [-0.25, -0.2) is 4.39 Å². The molecule has 2 aromatic rings. The molecule has 0 saturated heterocycles. The molecule has 1 aromatic heterocycles. The number of hydrogen-bond acceptors (Lipinski definition) is 2. The lowest BCUT2D eigenvalue weighted by atomic mass is 10.0. The summed E-state index contributed by atoms with van der Waals surface area (Å²) in [7, 11) is 1.85. The van der Waals surface area contributed by atoms with Crippen molar-refractivity contribution in [1.82, 2.24) is 9.78 Å². The minimum atomic E-state index is -0.669. The summed E-state index contributed by atoms with van der Waals surface area (Å²) in [6.07, 6.45) is 4.27. The first-order valence-electron chi connectivity index (χ1n) is 5.66. The molecule has 1 heterocycles. The summed E-state index contributed by atoms with van der Waals surface area (Å²) in [5.41, 5.74) is 1.65. The Morgan fingerprint density at radius 2 is 2.22 bits per heavy atom. The fourth-order valence-electron chi connectivity index (χ4n) is 1.84. The van der Waals surface area contributed by atoms with Crippen LogP contribution in [0.25, 0.3) is 0 Å². The molecule has 5 heteroatoms. The Morgan fingerprint density at radius 3 is 2.83 bits per heavy atom.